The lowest BCUT2D eigenvalue weighted by Gasteiger charge is -2.10. The maximum absolute atomic E-state index is 6.10. The van der Waals surface area contributed by atoms with E-state index < -0.39 is 0 Å². The predicted molar refractivity (Wildman–Crippen MR) is 85.0 cm³/mol. The van der Waals surface area contributed by atoms with Crippen molar-refractivity contribution in [3.05, 3.63) is 47.0 Å². The minimum atomic E-state index is 0.725. The molecule has 0 bridgehead atoms. The summed E-state index contributed by atoms with van der Waals surface area (Å²) in [5.41, 5.74) is 10.9. The summed E-state index contributed by atoms with van der Waals surface area (Å²) < 4.78 is 2.17. The Balaban J connectivity index is 2.33. The number of anilines is 1. The molecule has 102 valence electrons. The monoisotopic (exact) mass is 285 g/mol. The number of hydrogen-bond acceptors (Lipinski definition) is 2. The van der Waals surface area contributed by atoms with Gasteiger partial charge in [-0.05, 0) is 43.7 Å². The number of hydrogen-bond donors (Lipinski definition) is 1. The fraction of sp³-hybridized carbons (Fsp3) is 0.188. The molecule has 0 unspecified atom stereocenters. The maximum atomic E-state index is 6.10. The molecule has 4 heteroatoms. The van der Waals surface area contributed by atoms with E-state index in [1.165, 1.54) is 0 Å². The molecular formula is C16H16ClN3. The van der Waals surface area contributed by atoms with Crippen LogP contribution in [0.15, 0.2) is 36.4 Å². The fourth-order valence-corrected chi connectivity index (χ4v) is 2.68. The van der Waals surface area contributed by atoms with Gasteiger partial charge in [-0.25, -0.2) is 4.98 Å². The first-order valence-electron chi connectivity index (χ1n) is 6.63. The Labute approximate surface area is 123 Å². The minimum absolute atomic E-state index is 0.725. The molecule has 0 radical (unpaired) electrons. The van der Waals surface area contributed by atoms with Crippen LogP contribution in [0.25, 0.3) is 22.4 Å². The van der Waals surface area contributed by atoms with Crippen molar-refractivity contribution in [2.24, 2.45) is 0 Å². The fourth-order valence-electron chi connectivity index (χ4n) is 2.52. The number of benzene rings is 2. The van der Waals surface area contributed by atoms with Crippen molar-refractivity contribution in [1.29, 1.82) is 0 Å². The van der Waals surface area contributed by atoms with Crippen molar-refractivity contribution in [3.8, 4) is 11.4 Å². The SMILES string of the molecule is CCn1c(-c2cccc(N)c2C)nc2ccc(Cl)cc21. The summed E-state index contributed by atoms with van der Waals surface area (Å²) in [5, 5.41) is 0.725. The van der Waals surface area contributed by atoms with Crippen LogP contribution >= 0.6 is 11.6 Å². The van der Waals surface area contributed by atoms with E-state index in [9.17, 15) is 0 Å². The van der Waals surface area contributed by atoms with Gasteiger partial charge in [0.15, 0.2) is 0 Å². The number of imidazole rings is 1. The first kappa shape index (κ1) is 13.0. The van der Waals surface area contributed by atoms with Crippen molar-refractivity contribution in [2.75, 3.05) is 5.73 Å². The van der Waals surface area contributed by atoms with Crippen LogP contribution in [0.2, 0.25) is 5.02 Å². The second-order valence-electron chi connectivity index (χ2n) is 4.83. The molecule has 1 aromatic heterocycles. The molecular weight excluding hydrogens is 270 g/mol. The molecule has 20 heavy (non-hydrogen) atoms. The van der Waals surface area contributed by atoms with Crippen LogP contribution in [0.1, 0.15) is 12.5 Å². The van der Waals surface area contributed by atoms with Gasteiger partial charge in [-0.3, -0.25) is 0 Å². The minimum Gasteiger partial charge on any atom is -0.398 e. The third-order valence-electron chi connectivity index (χ3n) is 3.64. The summed E-state index contributed by atoms with van der Waals surface area (Å²) in [6.07, 6.45) is 0. The van der Waals surface area contributed by atoms with Gasteiger partial charge >= 0.3 is 0 Å². The lowest BCUT2D eigenvalue weighted by molar-refractivity contribution is 0.796. The molecule has 3 rings (SSSR count). The Hall–Kier alpha value is -2.00. The van der Waals surface area contributed by atoms with Crippen molar-refractivity contribution < 1.29 is 0 Å². The zero-order valence-corrected chi connectivity index (χ0v) is 12.3. The van der Waals surface area contributed by atoms with Gasteiger partial charge in [0.2, 0.25) is 0 Å². The van der Waals surface area contributed by atoms with E-state index in [0.717, 1.165) is 45.2 Å². The summed E-state index contributed by atoms with van der Waals surface area (Å²) in [6.45, 7) is 4.96. The highest BCUT2D eigenvalue weighted by Gasteiger charge is 2.14. The second kappa shape index (κ2) is 4.84. The van der Waals surface area contributed by atoms with Crippen LogP contribution in [-0.2, 0) is 6.54 Å². The summed E-state index contributed by atoms with van der Waals surface area (Å²) >= 11 is 6.10. The van der Waals surface area contributed by atoms with Gasteiger partial charge in [0.25, 0.3) is 0 Å². The Kier molecular flexibility index (Phi) is 3.14. The van der Waals surface area contributed by atoms with Gasteiger partial charge in [-0.15, -0.1) is 0 Å². The first-order chi connectivity index (χ1) is 9.61. The summed E-state index contributed by atoms with van der Waals surface area (Å²) in [5.74, 6) is 0.939. The van der Waals surface area contributed by atoms with Gasteiger partial charge in [0.1, 0.15) is 5.82 Å². The van der Waals surface area contributed by atoms with Crippen LogP contribution in [-0.4, -0.2) is 9.55 Å². The molecule has 2 N–H and O–H groups in total. The number of nitrogen functional groups attached to an aromatic ring is 1. The highest BCUT2D eigenvalue weighted by Crippen LogP contribution is 2.30. The highest BCUT2D eigenvalue weighted by atomic mass is 35.5. The first-order valence-corrected chi connectivity index (χ1v) is 7.01. The van der Waals surface area contributed by atoms with Crippen molar-refractivity contribution >= 4 is 28.3 Å². The van der Waals surface area contributed by atoms with E-state index in [0.29, 0.717) is 0 Å². The molecule has 0 fully saturated rings. The molecule has 3 aromatic rings. The number of aryl methyl sites for hydroxylation is 1. The molecule has 0 saturated heterocycles. The molecule has 0 amide bonds. The Morgan fingerprint density at radius 1 is 1.25 bits per heavy atom. The van der Waals surface area contributed by atoms with E-state index in [2.05, 4.69) is 17.6 Å². The molecule has 0 aliphatic carbocycles. The molecule has 0 spiro atoms. The zero-order chi connectivity index (χ0) is 14.3. The third kappa shape index (κ3) is 1.95. The van der Waals surface area contributed by atoms with Gasteiger partial charge in [0, 0.05) is 22.8 Å². The van der Waals surface area contributed by atoms with E-state index in [-0.39, 0.29) is 0 Å². The van der Waals surface area contributed by atoms with Crippen LogP contribution in [0, 0.1) is 6.92 Å². The van der Waals surface area contributed by atoms with Gasteiger partial charge in [-0.1, -0.05) is 23.7 Å². The number of fused-ring (bicyclic) bond motifs is 1. The molecule has 0 aliphatic heterocycles. The lowest BCUT2D eigenvalue weighted by Crippen LogP contribution is -2.00. The second-order valence-corrected chi connectivity index (χ2v) is 5.27. The number of aromatic nitrogens is 2. The summed E-state index contributed by atoms with van der Waals surface area (Å²) in [4.78, 5) is 4.75. The Morgan fingerprint density at radius 3 is 2.80 bits per heavy atom. The normalized spacial score (nSPS) is 11.2. The van der Waals surface area contributed by atoms with Crippen LogP contribution in [0.5, 0.6) is 0 Å². The standard InChI is InChI=1S/C16H16ClN3/c1-3-20-15-9-11(17)7-8-14(15)19-16(20)12-5-4-6-13(18)10(12)2/h4-9H,3,18H2,1-2H3. The molecule has 0 atom stereocenters. The number of nitrogens with two attached hydrogens (primary N) is 1. The highest BCUT2D eigenvalue weighted by molar-refractivity contribution is 6.31. The van der Waals surface area contributed by atoms with Gasteiger partial charge in [0.05, 0.1) is 11.0 Å². The van der Waals surface area contributed by atoms with E-state index in [4.69, 9.17) is 22.3 Å². The molecule has 0 saturated carbocycles. The summed E-state index contributed by atoms with van der Waals surface area (Å²) in [7, 11) is 0. The molecule has 3 nitrogen and oxygen atoms in total. The predicted octanol–water partition coefficient (Wildman–Crippen LogP) is 4.27. The van der Waals surface area contributed by atoms with E-state index in [1.807, 2.05) is 37.3 Å². The maximum Gasteiger partial charge on any atom is 0.141 e. The molecule has 2 aromatic carbocycles. The quantitative estimate of drug-likeness (QED) is 0.715. The number of halogens is 1. The topological polar surface area (TPSA) is 43.8 Å². The van der Waals surface area contributed by atoms with E-state index >= 15 is 0 Å². The number of nitrogens with zero attached hydrogens (tertiary/aromatic N) is 2. The third-order valence-corrected chi connectivity index (χ3v) is 3.88. The smallest absolute Gasteiger partial charge is 0.141 e. The van der Waals surface area contributed by atoms with E-state index in [1.54, 1.807) is 0 Å². The molecule has 1 heterocycles. The molecule has 0 aliphatic rings. The Bertz CT molecular complexity index is 790. The lowest BCUT2D eigenvalue weighted by atomic mass is 10.1. The van der Waals surface area contributed by atoms with Crippen molar-refractivity contribution in [3.63, 3.8) is 0 Å². The average molecular weight is 286 g/mol. The van der Waals surface area contributed by atoms with Crippen molar-refractivity contribution in [2.45, 2.75) is 20.4 Å². The van der Waals surface area contributed by atoms with Crippen LogP contribution < -0.4 is 5.73 Å². The average Bonchev–Trinajstić information content (AvgIpc) is 2.79. The Morgan fingerprint density at radius 2 is 2.05 bits per heavy atom. The van der Waals surface area contributed by atoms with Crippen LogP contribution in [0.4, 0.5) is 5.69 Å². The summed E-state index contributed by atoms with van der Waals surface area (Å²) in [6, 6.07) is 11.7. The zero-order valence-electron chi connectivity index (χ0n) is 11.5. The van der Waals surface area contributed by atoms with Gasteiger partial charge < -0.3 is 10.3 Å². The van der Waals surface area contributed by atoms with Crippen molar-refractivity contribution in [1.82, 2.24) is 9.55 Å². The largest absolute Gasteiger partial charge is 0.398 e. The van der Waals surface area contributed by atoms with Crippen LogP contribution in [0.3, 0.4) is 0 Å². The van der Waals surface area contributed by atoms with Gasteiger partial charge in [-0.2, -0.15) is 0 Å². The number of rotatable bonds is 2.